The molecule has 2 aromatic carbocycles. The van der Waals surface area contributed by atoms with Gasteiger partial charge in [-0.2, -0.15) is 10.1 Å². The molecule has 15 heteroatoms. The molecule has 0 bridgehead atoms. The van der Waals surface area contributed by atoms with Crippen LogP contribution in [0.1, 0.15) is 12.5 Å². The van der Waals surface area contributed by atoms with E-state index >= 15 is 0 Å². The quantitative estimate of drug-likeness (QED) is 0.173. The molecular formula is C19H16F3N7O4S. The minimum absolute atomic E-state index is 0.0297. The minimum atomic E-state index is -4.79. The van der Waals surface area contributed by atoms with E-state index in [1.54, 1.807) is 19.1 Å². The summed E-state index contributed by atoms with van der Waals surface area (Å²) in [5, 5.41) is 24.2. The Labute approximate surface area is 194 Å². The zero-order valence-corrected chi connectivity index (χ0v) is 18.1. The van der Waals surface area contributed by atoms with Crippen LogP contribution in [-0.4, -0.2) is 43.8 Å². The number of rotatable bonds is 9. The lowest BCUT2D eigenvalue weighted by molar-refractivity contribution is -0.384. The van der Waals surface area contributed by atoms with Gasteiger partial charge in [-0.25, -0.2) is 10.5 Å². The van der Waals surface area contributed by atoms with Crippen molar-refractivity contribution in [1.29, 1.82) is 0 Å². The monoisotopic (exact) mass is 495 g/mol. The van der Waals surface area contributed by atoms with E-state index in [-0.39, 0.29) is 22.5 Å². The number of nitrogens with one attached hydrogen (secondary N) is 3. The number of halogens is 3. The van der Waals surface area contributed by atoms with Crippen LogP contribution in [0.2, 0.25) is 0 Å². The largest absolute Gasteiger partial charge is 0.573 e. The molecule has 0 aliphatic carbocycles. The highest BCUT2D eigenvalue weighted by Gasteiger charge is 2.30. The number of anilines is 2. The predicted octanol–water partition coefficient (Wildman–Crippen LogP) is 4.18. The van der Waals surface area contributed by atoms with Crippen molar-refractivity contribution in [2.45, 2.75) is 18.4 Å². The van der Waals surface area contributed by atoms with Crippen molar-refractivity contribution in [3.8, 4) is 5.75 Å². The normalized spacial score (nSPS) is 11.7. The Morgan fingerprint density at radius 2 is 1.88 bits per heavy atom. The van der Waals surface area contributed by atoms with Crippen molar-refractivity contribution in [2.75, 3.05) is 16.5 Å². The highest BCUT2D eigenvalue weighted by Crippen LogP contribution is 2.24. The van der Waals surface area contributed by atoms with E-state index in [1.165, 1.54) is 24.3 Å². The standard InChI is InChI=1S/C19H16F3N7O4S/c1-11(12-2-6-14(7-3-12)29(31)32)25-26-17-24-18(28-27-17)34-10-16(30)23-13-4-8-15(9-5-13)33-19(20,21)22/h2-9H,10H2,1H3,(H,23,30)(H2,24,26,27,28)/b25-11+. The van der Waals surface area contributed by atoms with E-state index in [0.717, 1.165) is 23.9 Å². The Bertz CT molecular complexity index is 1180. The van der Waals surface area contributed by atoms with Crippen LogP contribution < -0.4 is 15.5 Å². The highest BCUT2D eigenvalue weighted by molar-refractivity contribution is 7.99. The van der Waals surface area contributed by atoms with Crippen LogP contribution in [0.25, 0.3) is 0 Å². The molecule has 1 amide bonds. The number of non-ortho nitro benzene ring substituents is 1. The van der Waals surface area contributed by atoms with E-state index < -0.39 is 22.9 Å². The van der Waals surface area contributed by atoms with Crippen molar-refractivity contribution >= 4 is 40.7 Å². The molecule has 0 spiro atoms. The second-order valence-electron chi connectivity index (χ2n) is 6.49. The van der Waals surface area contributed by atoms with E-state index in [9.17, 15) is 28.1 Å². The van der Waals surface area contributed by atoms with E-state index in [1.807, 2.05) is 0 Å². The molecule has 3 rings (SSSR count). The molecule has 1 aromatic heterocycles. The lowest BCUT2D eigenvalue weighted by Crippen LogP contribution is -2.17. The zero-order chi connectivity index (χ0) is 24.7. The Hall–Kier alpha value is -4.14. The smallest absolute Gasteiger partial charge is 0.406 e. The lowest BCUT2D eigenvalue weighted by atomic mass is 10.1. The van der Waals surface area contributed by atoms with Crippen LogP contribution in [0.5, 0.6) is 5.75 Å². The second-order valence-corrected chi connectivity index (χ2v) is 7.43. The fourth-order valence-corrected chi connectivity index (χ4v) is 3.05. The number of hydrogen-bond acceptors (Lipinski definition) is 9. The predicted molar refractivity (Wildman–Crippen MR) is 118 cm³/mol. The first-order chi connectivity index (χ1) is 16.1. The zero-order valence-electron chi connectivity index (χ0n) is 17.3. The number of nitro benzene ring substituents is 1. The molecule has 34 heavy (non-hydrogen) atoms. The summed E-state index contributed by atoms with van der Waals surface area (Å²) in [4.78, 5) is 26.4. The third kappa shape index (κ3) is 7.47. The van der Waals surface area contributed by atoms with Crippen LogP contribution in [0.4, 0.5) is 30.5 Å². The molecule has 11 nitrogen and oxygen atoms in total. The number of nitrogens with zero attached hydrogens (tertiary/aromatic N) is 4. The number of ether oxygens (including phenoxy) is 1. The number of nitro groups is 1. The first-order valence-electron chi connectivity index (χ1n) is 9.35. The van der Waals surface area contributed by atoms with Crippen LogP contribution in [0, 0.1) is 10.1 Å². The number of carbonyl (C=O) groups excluding carboxylic acids is 1. The maximum Gasteiger partial charge on any atom is 0.573 e. The molecule has 1 heterocycles. The maximum atomic E-state index is 12.2. The molecule has 0 aliphatic rings. The summed E-state index contributed by atoms with van der Waals surface area (Å²) in [7, 11) is 0. The van der Waals surface area contributed by atoms with Gasteiger partial charge >= 0.3 is 6.36 Å². The number of amides is 1. The number of thioether (sulfide) groups is 1. The molecule has 0 saturated heterocycles. The van der Waals surface area contributed by atoms with Crippen LogP contribution in [0.3, 0.4) is 0 Å². The summed E-state index contributed by atoms with van der Waals surface area (Å²) in [5.41, 5.74) is 4.15. The first-order valence-corrected chi connectivity index (χ1v) is 10.3. The molecule has 0 atom stereocenters. The van der Waals surface area contributed by atoms with E-state index in [0.29, 0.717) is 17.0 Å². The molecule has 0 fully saturated rings. The van der Waals surface area contributed by atoms with Crippen molar-refractivity contribution in [2.24, 2.45) is 5.10 Å². The Balaban J connectivity index is 1.47. The molecule has 0 saturated carbocycles. The number of H-pyrrole nitrogens is 1. The van der Waals surface area contributed by atoms with Gasteiger partial charge in [-0.05, 0) is 48.9 Å². The summed E-state index contributed by atoms with van der Waals surface area (Å²) in [5.74, 6) is -0.652. The SMILES string of the molecule is C/C(=N\Nc1nc(SCC(=O)Nc2ccc(OC(F)(F)F)cc2)n[nH]1)c1ccc([N+](=O)[O-])cc1. The van der Waals surface area contributed by atoms with Crippen molar-refractivity contribution < 1.29 is 27.6 Å². The van der Waals surface area contributed by atoms with Crippen molar-refractivity contribution in [3.63, 3.8) is 0 Å². The van der Waals surface area contributed by atoms with Gasteiger partial charge in [-0.15, -0.1) is 18.3 Å². The Morgan fingerprint density at radius 3 is 2.50 bits per heavy atom. The minimum Gasteiger partial charge on any atom is -0.406 e. The first kappa shape index (κ1) is 24.5. The van der Waals surface area contributed by atoms with Gasteiger partial charge in [0, 0.05) is 17.8 Å². The average molecular weight is 495 g/mol. The maximum absolute atomic E-state index is 12.2. The van der Waals surface area contributed by atoms with Crippen molar-refractivity contribution in [3.05, 3.63) is 64.2 Å². The summed E-state index contributed by atoms with van der Waals surface area (Å²) < 4.78 is 40.3. The van der Waals surface area contributed by atoms with Crippen molar-refractivity contribution in [1.82, 2.24) is 15.2 Å². The number of hydrazone groups is 1. The van der Waals surface area contributed by atoms with Crippen LogP contribution >= 0.6 is 11.8 Å². The van der Waals surface area contributed by atoms with Gasteiger partial charge in [-0.1, -0.05) is 11.8 Å². The van der Waals surface area contributed by atoms with Crippen LogP contribution in [-0.2, 0) is 4.79 Å². The highest BCUT2D eigenvalue weighted by atomic mass is 32.2. The molecule has 0 unspecified atom stereocenters. The van der Waals surface area contributed by atoms with Gasteiger partial charge in [0.15, 0.2) is 0 Å². The number of aromatic nitrogens is 3. The molecule has 0 aliphatic heterocycles. The Morgan fingerprint density at radius 1 is 1.21 bits per heavy atom. The fraction of sp³-hybridized carbons (Fsp3) is 0.158. The van der Waals surface area contributed by atoms with E-state index in [2.05, 4.69) is 35.8 Å². The van der Waals surface area contributed by atoms with Gasteiger partial charge < -0.3 is 10.1 Å². The molecule has 3 N–H and O–H groups in total. The Kier molecular flexibility index (Phi) is 7.68. The average Bonchev–Trinajstić information content (AvgIpc) is 3.24. The number of benzene rings is 2. The summed E-state index contributed by atoms with van der Waals surface area (Å²) in [6.45, 7) is 1.70. The van der Waals surface area contributed by atoms with Gasteiger partial charge in [0.1, 0.15) is 5.75 Å². The van der Waals surface area contributed by atoms with E-state index in [4.69, 9.17) is 0 Å². The molecule has 0 radical (unpaired) electrons. The summed E-state index contributed by atoms with van der Waals surface area (Å²) >= 11 is 1.02. The number of aromatic amines is 1. The number of hydrogen-bond donors (Lipinski definition) is 3. The third-order valence-corrected chi connectivity index (χ3v) is 4.84. The summed E-state index contributed by atoms with van der Waals surface area (Å²) in [6.07, 6.45) is -4.79. The topological polar surface area (TPSA) is 147 Å². The fourth-order valence-electron chi connectivity index (χ4n) is 2.45. The number of alkyl halides is 3. The lowest BCUT2D eigenvalue weighted by Gasteiger charge is -2.09. The van der Waals surface area contributed by atoms with Gasteiger partial charge in [-0.3, -0.25) is 14.9 Å². The van der Waals surface area contributed by atoms with Gasteiger partial charge in [0.2, 0.25) is 17.0 Å². The second kappa shape index (κ2) is 10.7. The molecule has 3 aromatic rings. The third-order valence-electron chi connectivity index (χ3n) is 3.99. The van der Waals surface area contributed by atoms with Gasteiger partial charge in [0.05, 0.1) is 16.4 Å². The van der Waals surface area contributed by atoms with Gasteiger partial charge in [0.25, 0.3) is 5.69 Å². The van der Waals surface area contributed by atoms with Crippen LogP contribution in [0.15, 0.2) is 58.8 Å². The molecular weight excluding hydrogens is 479 g/mol. The summed E-state index contributed by atoms with van der Waals surface area (Å²) in [6, 6.07) is 10.6. The molecule has 178 valence electrons. The number of carbonyl (C=O) groups is 1.